The van der Waals surface area contributed by atoms with Crippen LogP contribution in [0.25, 0.3) is 21.7 Å². The van der Waals surface area contributed by atoms with Crippen LogP contribution < -0.4 is 5.56 Å². The van der Waals surface area contributed by atoms with Crippen molar-refractivity contribution in [1.29, 1.82) is 0 Å². The first-order chi connectivity index (χ1) is 15.1. The van der Waals surface area contributed by atoms with Gasteiger partial charge < -0.3 is 4.90 Å². The van der Waals surface area contributed by atoms with Crippen molar-refractivity contribution in [2.24, 2.45) is 0 Å². The maximum Gasteiger partial charge on any atom is 0.268 e. The number of aromatic nitrogens is 4. The van der Waals surface area contributed by atoms with Crippen LogP contribution in [0.3, 0.4) is 0 Å². The van der Waals surface area contributed by atoms with Crippen LogP contribution in [0.1, 0.15) is 36.6 Å². The second-order valence-electron chi connectivity index (χ2n) is 7.97. The van der Waals surface area contributed by atoms with Crippen LogP contribution in [0, 0.1) is 0 Å². The van der Waals surface area contributed by atoms with E-state index in [9.17, 15) is 4.79 Å². The molecule has 0 saturated carbocycles. The number of rotatable bonds is 6. The van der Waals surface area contributed by atoms with E-state index >= 15 is 0 Å². The number of unbranched alkanes of at least 4 members (excludes halogenated alkanes) is 2. The zero-order valence-electron chi connectivity index (χ0n) is 17.6. The lowest BCUT2D eigenvalue weighted by atomic mass is 10.1. The van der Waals surface area contributed by atoms with Crippen molar-refractivity contribution in [2.75, 3.05) is 19.3 Å². The van der Waals surface area contributed by atoms with Gasteiger partial charge in [0.1, 0.15) is 4.83 Å². The van der Waals surface area contributed by atoms with Crippen molar-refractivity contribution in [3.63, 3.8) is 0 Å². The summed E-state index contributed by atoms with van der Waals surface area (Å²) in [6.45, 7) is 4.03. The van der Waals surface area contributed by atoms with Gasteiger partial charge in [0.15, 0.2) is 5.16 Å². The SMILES string of the molecule is CCCCCSc1nnc2n(-c3cccc(Cl)c3)c(=O)c3c4c(sc3n12)CN(C)CC4. The third-order valence-corrected chi connectivity index (χ3v) is 8.16. The second kappa shape index (κ2) is 8.58. The van der Waals surface area contributed by atoms with Crippen LogP contribution in [0.5, 0.6) is 0 Å². The summed E-state index contributed by atoms with van der Waals surface area (Å²) in [5.74, 6) is 1.53. The Labute approximate surface area is 193 Å². The molecule has 0 saturated heterocycles. The molecular weight excluding hydrogens is 450 g/mol. The quantitative estimate of drug-likeness (QED) is 0.291. The van der Waals surface area contributed by atoms with E-state index in [1.807, 2.05) is 24.3 Å². The Balaban J connectivity index is 1.79. The Bertz CT molecular complexity index is 1330. The molecule has 0 amide bonds. The molecule has 1 aliphatic rings. The number of hydrogen-bond acceptors (Lipinski definition) is 6. The summed E-state index contributed by atoms with van der Waals surface area (Å²) in [6.07, 6.45) is 4.40. The second-order valence-corrected chi connectivity index (χ2v) is 10.5. The van der Waals surface area contributed by atoms with Crippen molar-refractivity contribution in [3.05, 3.63) is 50.1 Å². The summed E-state index contributed by atoms with van der Waals surface area (Å²) in [4.78, 5) is 18.3. The molecule has 0 unspecified atom stereocenters. The fourth-order valence-corrected chi connectivity index (χ4v) is 6.73. The number of thioether (sulfide) groups is 1. The Hall–Kier alpha value is -1.87. The maximum absolute atomic E-state index is 13.8. The standard InChI is InChI=1S/C22H24ClN5OS2/c1-3-4-5-11-30-22-25-24-21-27(15-8-6-7-14(23)12-15)19(29)18-16-9-10-26(2)13-17(16)31-20(18)28(21)22/h6-8,12H,3-5,9-11,13H2,1-2H3. The third-order valence-electron chi connectivity index (χ3n) is 5.71. The molecule has 5 rings (SSSR count). The van der Waals surface area contributed by atoms with E-state index in [-0.39, 0.29) is 5.56 Å². The Morgan fingerprint density at radius 1 is 1.26 bits per heavy atom. The summed E-state index contributed by atoms with van der Waals surface area (Å²) in [6, 6.07) is 7.38. The molecular formula is C22H24ClN5OS2. The molecule has 9 heteroatoms. The summed E-state index contributed by atoms with van der Waals surface area (Å²) < 4.78 is 3.75. The molecule has 0 N–H and O–H groups in total. The highest BCUT2D eigenvalue weighted by Gasteiger charge is 2.26. The molecule has 1 aliphatic heterocycles. The van der Waals surface area contributed by atoms with Gasteiger partial charge in [-0.15, -0.1) is 21.5 Å². The molecule has 0 fully saturated rings. The molecule has 0 atom stereocenters. The highest BCUT2D eigenvalue weighted by atomic mass is 35.5. The zero-order chi connectivity index (χ0) is 21.5. The van der Waals surface area contributed by atoms with E-state index in [1.165, 1.54) is 23.3 Å². The predicted molar refractivity (Wildman–Crippen MR) is 129 cm³/mol. The highest BCUT2D eigenvalue weighted by molar-refractivity contribution is 7.99. The van der Waals surface area contributed by atoms with Crippen LogP contribution in [-0.4, -0.2) is 43.4 Å². The fraction of sp³-hybridized carbons (Fsp3) is 0.409. The van der Waals surface area contributed by atoms with E-state index in [0.717, 1.165) is 47.1 Å². The van der Waals surface area contributed by atoms with Gasteiger partial charge in [0.2, 0.25) is 5.78 Å². The Kier molecular flexibility index (Phi) is 5.81. The first-order valence-corrected chi connectivity index (χ1v) is 12.8. The average molecular weight is 474 g/mol. The molecule has 3 aromatic heterocycles. The number of hydrogen-bond donors (Lipinski definition) is 0. The van der Waals surface area contributed by atoms with Gasteiger partial charge in [0, 0.05) is 28.7 Å². The number of benzene rings is 1. The first kappa shape index (κ1) is 21.0. The van der Waals surface area contributed by atoms with E-state index in [0.29, 0.717) is 16.5 Å². The molecule has 4 aromatic rings. The molecule has 31 heavy (non-hydrogen) atoms. The average Bonchev–Trinajstić information content (AvgIpc) is 3.32. The lowest BCUT2D eigenvalue weighted by molar-refractivity contribution is 0.318. The van der Waals surface area contributed by atoms with Gasteiger partial charge in [-0.25, -0.2) is 8.97 Å². The third kappa shape index (κ3) is 3.69. The largest absolute Gasteiger partial charge is 0.301 e. The van der Waals surface area contributed by atoms with Crippen LogP contribution in [0.4, 0.5) is 0 Å². The number of likely N-dealkylation sites (N-methyl/N-ethyl adjacent to an activating group) is 1. The van der Waals surface area contributed by atoms with Gasteiger partial charge in [-0.1, -0.05) is 49.2 Å². The van der Waals surface area contributed by atoms with Gasteiger partial charge >= 0.3 is 0 Å². The number of nitrogens with zero attached hydrogens (tertiary/aromatic N) is 5. The lowest BCUT2D eigenvalue weighted by Gasteiger charge is -2.21. The van der Waals surface area contributed by atoms with E-state index in [2.05, 4.69) is 33.5 Å². The van der Waals surface area contributed by atoms with Crippen LogP contribution >= 0.6 is 34.7 Å². The maximum atomic E-state index is 13.8. The smallest absolute Gasteiger partial charge is 0.268 e. The monoisotopic (exact) mass is 473 g/mol. The van der Waals surface area contributed by atoms with Crippen molar-refractivity contribution >= 4 is 50.7 Å². The number of halogens is 1. The molecule has 6 nitrogen and oxygen atoms in total. The van der Waals surface area contributed by atoms with Crippen LogP contribution in [0.2, 0.25) is 5.02 Å². The molecule has 0 aliphatic carbocycles. The predicted octanol–water partition coefficient (Wildman–Crippen LogP) is 5.02. The number of fused-ring (bicyclic) bond motifs is 5. The van der Waals surface area contributed by atoms with Crippen molar-refractivity contribution in [2.45, 2.75) is 44.3 Å². The minimum Gasteiger partial charge on any atom is -0.301 e. The summed E-state index contributed by atoms with van der Waals surface area (Å²) in [5, 5.41) is 11.2. The van der Waals surface area contributed by atoms with E-state index in [1.54, 1.807) is 27.7 Å². The summed E-state index contributed by atoms with van der Waals surface area (Å²) >= 11 is 9.68. The topological polar surface area (TPSA) is 55.4 Å². The molecule has 162 valence electrons. The summed E-state index contributed by atoms with van der Waals surface area (Å²) in [7, 11) is 2.13. The minimum absolute atomic E-state index is 0.0400. The highest BCUT2D eigenvalue weighted by Crippen LogP contribution is 2.35. The lowest BCUT2D eigenvalue weighted by Crippen LogP contribution is -2.27. The Morgan fingerprint density at radius 2 is 2.13 bits per heavy atom. The van der Waals surface area contributed by atoms with Crippen LogP contribution in [0.15, 0.2) is 34.2 Å². The van der Waals surface area contributed by atoms with Gasteiger partial charge in [0.05, 0.1) is 11.1 Å². The fourth-order valence-electron chi connectivity index (χ4n) is 4.14. The van der Waals surface area contributed by atoms with Gasteiger partial charge in [-0.3, -0.25) is 4.79 Å². The van der Waals surface area contributed by atoms with Gasteiger partial charge in [-0.05, 0) is 43.7 Å². The molecule has 1 aromatic carbocycles. The van der Waals surface area contributed by atoms with Crippen molar-refractivity contribution in [1.82, 2.24) is 24.1 Å². The molecule has 0 spiro atoms. The molecule has 0 radical (unpaired) electrons. The van der Waals surface area contributed by atoms with E-state index < -0.39 is 0 Å². The van der Waals surface area contributed by atoms with Crippen molar-refractivity contribution < 1.29 is 0 Å². The Morgan fingerprint density at radius 3 is 2.94 bits per heavy atom. The minimum atomic E-state index is -0.0400. The van der Waals surface area contributed by atoms with Crippen molar-refractivity contribution in [3.8, 4) is 5.69 Å². The summed E-state index contributed by atoms with van der Waals surface area (Å²) in [5.41, 5.74) is 1.85. The first-order valence-electron chi connectivity index (χ1n) is 10.6. The van der Waals surface area contributed by atoms with Crippen LogP contribution in [-0.2, 0) is 13.0 Å². The van der Waals surface area contributed by atoms with Gasteiger partial charge in [-0.2, -0.15) is 0 Å². The number of thiophene rings is 1. The van der Waals surface area contributed by atoms with E-state index in [4.69, 9.17) is 11.6 Å². The molecule has 0 bridgehead atoms. The normalized spacial score (nSPS) is 14.5. The van der Waals surface area contributed by atoms with Gasteiger partial charge in [0.25, 0.3) is 5.56 Å². The zero-order valence-corrected chi connectivity index (χ0v) is 20.0. The molecule has 4 heterocycles.